The third-order valence-electron chi connectivity index (χ3n) is 3.08. The number of hydrogen-bond acceptors (Lipinski definition) is 4. The van der Waals surface area contributed by atoms with Crippen molar-refractivity contribution in [1.29, 1.82) is 0 Å². The molecule has 0 bridgehead atoms. The molecule has 1 aliphatic rings. The van der Waals surface area contributed by atoms with E-state index in [9.17, 15) is 18.3 Å². The number of phenols is 1. The van der Waals surface area contributed by atoms with Crippen LogP contribution in [0.5, 0.6) is 5.75 Å². The molecule has 1 amide bonds. The maximum absolute atomic E-state index is 11.8. The number of hydrogen-bond donors (Lipinski definition) is 2. The summed E-state index contributed by atoms with van der Waals surface area (Å²) in [5.74, 6) is -0.703. The minimum absolute atomic E-state index is 0.0736. The number of carbonyl (C=O) groups excluding carboxylic acids is 1. The Kier molecular flexibility index (Phi) is 3.30. The summed E-state index contributed by atoms with van der Waals surface area (Å²) in [6.45, 7) is 1.75. The Bertz CT molecular complexity index is 580. The number of aromatic hydroxyl groups is 1. The van der Waals surface area contributed by atoms with Crippen molar-refractivity contribution in [3.8, 4) is 5.75 Å². The monoisotopic (exact) mass is 269 g/mol. The van der Waals surface area contributed by atoms with E-state index in [4.69, 9.17) is 0 Å². The number of benzene rings is 1. The predicted molar refractivity (Wildman–Crippen MR) is 68.2 cm³/mol. The minimum atomic E-state index is -3.06. The Morgan fingerprint density at radius 2 is 2.17 bits per heavy atom. The first-order valence-corrected chi connectivity index (χ1v) is 7.50. The van der Waals surface area contributed by atoms with Gasteiger partial charge in [-0.3, -0.25) is 4.79 Å². The Balaban J connectivity index is 2.06. The average Bonchev–Trinajstić information content (AvgIpc) is 2.64. The molecule has 6 heteroatoms. The van der Waals surface area contributed by atoms with Gasteiger partial charge < -0.3 is 10.4 Å². The minimum Gasteiger partial charge on any atom is -0.508 e. The van der Waals surface area contributed by atoms with Gasteiger partial charge in [-0.25, -0.2) is 8.42 Å². The fourth-order valence-corrected chi connectivity index (χ4v) is 3.67. The van der Waals surface area contributed by atoms with Gasteiger partial charge in [0, 0.05) is 11.8 Å². The summed E-state index contributed by atoms with van der Waals surface area (Å²) in [6.07, 6.45) is 0.367. The fraction of sp³-hybridized carbons (Fsp3) is 0.417. The van der Waals surface area contributed by atoms with Crippen molar-refractivity contribution in [2.24, 2.45) is 5.92 Å². The van der Waals surface area contributed by atoms with E-state index in [0.717, 1.165) is 5.56 Å². The van der Waals surface area contributed by atoms with Crippen molar-refractivity contribution in [1.82, 2.24) is 0 Å². The van der Waals surface area contributed by atoms with E-state index in [1.54, 1.807) is 19.1 Å². The molecule has 1 aliphatic heterocycles. The van der Waals surface area contributed by atoms with Gasteiger partial charge in [0.15, 0.2) is 9.84 Å². The molecule has 1 aromatic carbocycles. The molecule has 0 saturated carbocycles. The number of carbonyl (C=O) groups is 1. The van der Waals surface area contributed by atoms with Crippen LogP contribution >= 0.6 is 0 Å². The van der Waals surface area contributed by atoms with Crippen LogP contribution < -0.4 is 5.32 Å². The van der Waals surface area contributed by atoms with Gasteiger partial charge in [0.1, 0.15) is 5.75 Å². The molecular formula is C12H15NO4S. The van der Waals surface area contributed by atoms with E-state index in [0.29, 0.717) is 12.1 Å². The summed E-state index contributed by atoms with van der Waals surface area (Å²) in [7, 11) is -3.06. The topological polar surface area (TPSA) is 83.5 Å². The van der Waals surface area contributed by atoms with Gasteiger partial charge in [-0.1, -0.05) is 6.07 Å². The normalized spacial score (nSPS) is 21.7. The van der Waals surface area contributed by atoms with Crippen LogP contribution in [-0.4, -0.2) is 30.9 Å². The maximum Gasteiger partial charge on any atom is 0.228 e. The van der Waals surface area contributed by atoms with E-state index in [-0.39, 0.29) is 23.2 Å². The van der Waals surface area contributed by atoms with Crippen molar-refractivity contribution in [2.45, 2.75) is 13.3 Å². The zero-order valence-corrected chi connectivity index (χ0v) is 10.8. The molecule has 1 atom stereocenters. The summed E-state index contributed by atoms with van der Waals surface area (Å²) in [4.78, 5) is 11.8. The highest BCUT2D eigenvalue weighted by Crippen LogP contribution is 2.23. The predicted octanol–water partition coefficient (Wildman–Crippen LogP) is 1.07. The van der Waals surface area contributed by atoms with Crippen molar-refractivity contribution in [2.75, 3.05) is 16.8 Å². The molecule has 1 aromatic rings. The molecule has 98 valence electrons. The third kappa shape index (κ3) is 2.81. The van der Waals surface area contributed by atoms with Crippen LogP contribution in [0.3, 0.4) is 0 Å². The largest absolute Gasteiger partial charge is 0.508 e. The molecule has 0 radical (unpaired) electrons. The van der Waals surface area contributed by atoms with Crippen molar-refractivity contribution >= 4 is 21.4 Å². The number of aryl methyl sites for hydroxylation is 1. The maximum atomic E-state index is 11.8. The van der Waals surface area contributed by atoms with Crippen LogP contribution in [0, 0.1) is 12.8 Å². The number of sulfone groups is 1. The molecule has 0 aromatic heterocycles. The Labute approximate surface area is 106 Å². The van der Waals surface area contributed by atoms with Crippen LogP contribution in [0.1, 0.15) is 12.0 Å². The van der Waals surface area contributed by atoms with Crippen LogP contribution in [0.25, 0.3) is 0 Å². The lowest BCUT2D eigenvalue weighted by atomic mass is 10.1. The third-order valence-corrected chi connectivity index (χ3v) is 4.85. The van der Waals surface area contributed by atoms with Crippen molar-refractivity contribution < 1.29 is 18.3 Å². The van der Waals surface area contributed by atoms with Crippen LogP contribution in [0.2, 0.25) is 0 Å². The molecule has 1 saturated heterocycles. The smallest absolute Gasteiger partial charge is 0.228 e. The highest BCUT2D eigenvalue weighted by molar-refractivity contribution is 7.91. The summed E-state index contributed by atoms with van der Waals surface area (Å²) in [6, 6.07) is 4.82. The van der Waals surface area contributed by atoms with E-state index in [2.05, 4.69) is 5.32 Å². The van der Waals surface area contributed by atoms with Gasteiger partial charge in [0.25, 0.3) is 0 Å². The Morgan fingerprint density at radius 3 is 2.72 bits per heavy atom. The zero-order valence-electron chi connectivity index (χ0n) is 10.0. The lowest BCUT2D eigenvalue weighted by Crippen LogP contribution is -2.23. The second-order valence-corrected chi connectivity index (χ2v) is 6.82. The molecule has 1 fully saturated rings. The van der Waals surface area contributed by atoms with Crippen molar-refractivity contribution in [3.05, 3.63) is 23.8 Å². The Morgan fingerprint density at radius 1 is 1.44 bits per heavy atom. The van der Waals surface area contributed by atoms with Crippen LogP contribution in [-0.2, 0) is 14.6 Å². The summed E-state index contributed by atoms with van der Waals surface area (Å²) in [5, 5.41) is 12.1. The van der Waals surface area contributed by atoms with E-state index < -0.39 is 15.8 Å². The summed E-state index contributed by atoms with van der Waals surface area (Å²) >= 11 is 0. The van der Waals surface area contributed by atoms with E-state index in [1.165, 1.54) is 6.07 Å². The average molecular weight is 269 g/mol. The zero-order chi connectivity index (χ0) is 13.3. The van der Waals surface area contributed by atoms with Crippen LogP contribution in [0.15, 0.2) is 18.2 Å². The molecule has 2 N–H and O–H groups in total. The first-order chi connectivity index (χ1) is 8.37. The van der Waals surface area contributed by atoms with Crippen molar-refractivity contribution in [3.63, 3.8) is 0 Å². The SMILES string of the molecule is Cc1ccc(NC(=O)C2CCS(=O)(=O)C2)cc1O. The number of rotatable bonds is 2. The van der Waals surface area contributed by atoms with Gasteiger partial charge in [-0.2, -0.15) is 0 Å². The number of amides is 1. The van der Waals surface area contributed by atoms with Gasteiger partial charge in [-0.05, 0) is 25.0 Å². The highest BCUT2D eigenvalue weighted by Gasteiger charge is 2.32. The number of nitrogens with one attached hydrogen (secondary N) is 1. The van der Waals surface area contributed by atoms with Crippen LogP contribution in [0.4, 0.5) is 5.69 Å². The molecular weight excluding hydrogens is 254 g/mol. The highest BCUT2D eigenvalue weighted by atomic mass is 32.2. The molecule has 5 nitrogen and oxygen atoms in total. The molecule has 18 heavy (non-hydrogen) atoms. The van der Waals surface area contributed by atoms with E-state index >= 15 is 0 Å². The quantitative estimate of drug-likeness (QED) is 0.841. The Hall–Kier alpha value is -1.56. The molecule has 1 heterocycles. The molecule has 1 unspecified atom stereocenters. The second kappa shape index (κ2) is 4.61. The molecule has 0 spiro atoms. The second-order valence-electron chi connectivity index (χ2n) is 4.59. The number of anilines is 1. The summed E-state index contributed by atoms with van der Waals surface area (Å²) < 4.78 is 22.6. The standard InChI is InChI=1S/C12H15NO4S/c1-8-2-3-10(6-11(8)14)13-12(15)9-4-5-18(16,17)7-9/h2-3,6,9,14H,4-5,7H2,1H3,(H,13,15). The molecule has 2 rings (SSSR count). The van der Waals surface area contributed by atoms with Gasteiger partial charge in [-0.15, -0.1) is 0 Å². The summed E-state index contributed by atoms with van der Waals surface area (Å²) in [5.41, 5.74) is 1.20. The lowest BCUT2D eigenvalue weighted by Gasteiger charge is -2.10. The van der Waals surface area contributed by atoms with E-state index in [1.807, 2.05) is 0 Å². The van der Waals surface area contributed by atoms with Gasteiger partial charge in [0.05, 0.1) is 17.4 Å². The van der Waals surface area contributed by atoms with Gasteiger partial charge >= 0.3 is 0 Å². The fourth-order valence-electron chi connectivity index (χ4n) is 1.93. The lowest BCUT2D eigenvalue weighted by molar-refractivity contribution is -0.119. The molecule has 0 aliphatic carbocycles. The van der Waals surface area contributed by atoms with Gasteiger partial charge in [0.2, 0.25) is 5.91 Å². The number of phenolic OH excluding ortho intramolecular Hbond substituents is 1. The first kappa shape index (κ1) is 12.9. The first-order valence-electron chi connectivity index (χ1n) is 5.68.